The van der Waals surface area contributed by atoms with Gasteiger partial charge >= 0.3 is 0 Å². The number of aryl methyl sites for hydroxylation is 2. The van der Waals surface area contributed by atoms with E-state index in [0.717, 1.165) is 17.0 Å². The maximum atomic E-state index is 12.2. The third-order valence-corrected chi connectivity index (χ3v) is 3.49. The first-order chi connectivity index (χ1) is 9.99. The minimum absolute atomic E-state index is 0.0855. The van der Waals surface area contributed by atoms with Crippen molar-refractivity contribution < 1.29 is 4.79 Å². The van der Waals surface area contributed by atoms with Crippen molar-refractivity contribution in [2.75, 3.05) is 0 Å². The van der Waals surface area contributed by atoms with Crippen LogP contribution >= 0.6 is 11.6 Å². The number of carbonyl (C=O) groups excluding carboxylic acids is 1. The lowest BCUT2D eigenvalue weighted by molar-refractivity contribution is 0.104. The maximum Gasteiger partial charge on any atom is 0.189 e. The third-order valence-electron chi connectivity index (χ3n) is 3.25. The Hall–Kier alpha value is -2.13. The van der Waals surface area contributed by atoms with Crippen molar-refractivity contribution >= 4 is 23.5 Å². The Labute approximate surface area is 129 Å². The maximum absolute atomic E-state index is 12.2. The summed E-state index contributed by atoms with van der Waals surface area (Å²) in [6.45, 7) is 3.71. The number of hydrogen-bond donors (Lipinski definition) is 0. The van der Waals surface area contributed by atoms with Gasteiger partial charge in [-0.25, -0.2) is 0 Å². The third kappa shape index (κ3) is 3.70. The molecule has 108 valence electrons. The zero-order valence-electron chi connectivity index (χ0n) is 12.3. The minimum atomic E-state index is -0.0855. The Bertz CT molecular complexity index is 712. The number of nitrogens with zero attached hydrogens (tertiary/aromatic N) is 2. The van der Waals surface area contributed by atoms with E-state index in [0.29, 0.717) is 10.6 Å². The van der Waals surface area contributed by atoms with Gasteiger partial charge in [0.05, 0.1) is 11.3 Å². The summed E-state index contributed by atoms with van der Waals surface area (Å²) in [7, 11) is 1.82. The molecule has 0 aliphatic rings. The first kappa shape index (κ1) is 15.3. The molecule has 2 rings (SSSR count). The Morgan fingerprint density at radius 3 is 2.43 bits per heavy atom. The summed E-state index contributed by atoms with van der Waals surface area (Å²) in [5.41, 5.74) is 3.21. The molecule has 0 saturated heterocycles. The molecule has 0 saturated carbocycles. The second-order valence-corrected chi connectivity index (χ2v) is 5.24. The van der Waals surface area contributed by atoms with E-state index in [2.05, 4.69) is 5.10 Å². The van der Waals surface area contributed by atoms with Crippen molar-refractivity contribution in [1.29, 1.82) is 0 Å². The second kappa shape index (κ2) is 6.55. The number of allylic oxidation sites excluding steroid dienone is 3. The fraction of sp³-hybridized carbons (Fsp3) is 0.176. The van der Waals surface area contributed by atoms with Gasteiger partial charge in [-0.15, -0.1) is 0 Å². The Morgan fingerprint density at radius 2 is 1.86 bits per heavy atom. The first-order valence-electron chi connectivity index (χ1n) is 6.64. The number of hydrogen-bond acceptors (Lipinski definition) is 2. The van der Waals surface area contributed by atoms with Crippen LogP contribution < -0.4 is 0 Å². The Balaban J connectivity index is 2.17. The van der Waals surface area contributed by atoms with Crippen molar-refractivity contribution in [2.45, 2.75) is 13.8 Å². The predicted octanol–water partition coefficient (Wildman–Crippen LogP) is 4.06. The quantitative estimate of drug-likeness (QED) is 0.485. The van der Waals surface area contributed by atoms with Gasteiger partial charge in [-0.3, -0.25) is 9.48 Å². The van der Waals surface area contributed by atoms with Crippen LogP contribution in [0.4, 0.5) is 0 Å². The highest BCUT2D eigenvalue weighted by atomic mass is 35.5. The van der Waals surface area contributed by atoms with Gasteiger partial charge in [0.2, 0.25) is 0 Å². The van der Waals surface area contributed by atoms with Gasteiger partial charge in [-0.05, 0) is 37.6 Å². The average Bonchev–Trinajstić information content (AvgIpc) is 2.71. The van der Waals surface area contributed by atoms with Gasteiger partial charge in [-0.1, -0.05) is 41.9 Å². The smallest absolute Gasteiger partial charge is 0.189 e. The summed E-state index contributed by atoms with van der Waals surface area (Å²) in [4.78, 5) is 12.2. The van der Waals surface area contributed by atoms with Crippen molar-refractivity contribution in [3.05, 3.63) is 70.0 Å². The highest BCUT2D eigenvalue weighted by Gasteiger charge is 2.14. The molecular formula is C17H17ClN2O. The topological polar surface area (TPSA) is 34.9 Å². The van der Waals surface area contributed by atoms with Crippen LogP contribution in [-0.4, -0.2) is 15.6 Å². The lowest BCUT2D eigenvalue weighted by atomic mass is 10.1. The molecule has 0 aliphatic carbocycles. The number of carbonyl (C=O) groups is 1. The van der Waals surface area contributed by atoms with Crippen molar-refractivity contribution in [3.63, 3.8) is 0 Å². The van der Waals surface area contributed by atoms with Crippen LogP contribution in [0.25, 0.3) is 6.08 Å². The Kier molecular flexibility index (Phi) is 4.76. The second-order valence-electron chi connectivity index (χ2n) is 4.81. The molecule has 0 radical (unpaired) electrons. The van der Waals surface area contributed by atoms with Crippen LogP contribution in [0.5, 0.6) is 0 Å². The lowest BCUT2D eigenvalue weighted by Gasteiger charge is -1.97. The normalized spacial score (nSPS) is 12.1. The lowest BCUT2D eigenvalue weighted by Crippen LogP contribution is -1.99. The summed E-state index contributed by atoms with van der Waals surface area (Å²) in [6.07, 6.45) is 4.91. The summed E-state index contributed by atoms with van der Waals surface area (Å²) in [6, 6.07) is 9.72. The fourth-order valence-electron chi connectivity index (χ4n) is 2.13. The largest absolute Gasteiger partial charge is 0.289 e. The van der Waals surface area contributed by atoms with Crippen LogP contribution in [0, 0.1) is 13.8 Å². The number of halogens is 1. The first-order valence-corrected chi connectivity index (χ1v) is 7.01. The molecule has 2 aromatic rings. The standard InChI is InChI=1S/C17H17ClN2O/c1-12-17(13(2)20(3)19-12)16(21)10-9-15(18)11-14-7-5-4-6-8-14/h4-11H,1-3H3/b10-9+,15-11-. The summed E-state index contributed by atoms with van der Waals surface area (Å²) < 4.78 is 1.71. The van der Waals surface area contributed by atoms with Gasteiger partial charge < -0.3 is 0 Å². The molecule has 0 unspecified atom stereocenters. The van der Waals surface area contributed by atoms with E-state index in [1.807, 2.05) is 57.3 Å². The van der Waals surface area contributed by atoms with Gasteiger partial charge in [0, 0.05) is 17.8 Å². The molecule has 1 aromatic heterocycles. The van der Waals surface area contributed by atoms with Crippen LogP contribution in [0.15, 0.2) is 47.5 Å². The van der Waals surface area contributed by atoms with Gasteiger partial charge in [0.25, 0.3) is 0 Å². The van der Waals surface area contributed by atoms with Crippen LogP contribution in [0.3, 0.4) is 0 Å². The Morgan fingerprint density at radius 1 is 1.19 bits per heavy atom. The molecule has 0 aliphatic heterocycles. The molecule has 1 aromatic carbocycles. The van der Waals surface area contributed by atoms with E-state index in [1.165, 1.54) is 6.08 Å². The molecule has 0 atom stereocenters. The molecule has 0 N–H and O–H groups in total. The van der Waals surface area contributed by atoms with E-state index in [4.69, 9.17) is 11.6 Å². The van der Waals surface area contributed by atoms with Gasteiger partial charge in [-0.2, -0.15) is 5.10 Å². The average molecular weight is 301 g/mol. The molecule has 0 amide bonds. The molecule has 0 fully saturated rings. The van der Waals surface area contributed by atoms with E-state index in [-0.39, 0.29) is 5.78 Å². The SMILES string of the molecule is Cc1nn(C)c(C)c1C(=O)/C=C/C(Cl)=C/c1ccccc1. The van der Waals surface area contributed by atoms with Crippen molar-refractivity contribution in [1.82, 2.24) is 9.78 Å². The molecule has 3 nitrogen and oxygen atoms in total. The molecule has 1 heterocycles. The molecule has 4 heteroatoms. The summed E-state index contributed by atoms with van der Waals surface area (Å²) >= 11 is 6.13. The van der Waals surface area contributed by atoms with Gasteiger partial charge in [0.15, 0.2) is 5.78 Å². The number of aromatic nitrogens is 2. The number of rotatable bonds is 4. The zero-order chi connectivity index (χ0) is 15.4. The monoisotopic (exact) mass is 300 g/mol. The zero-order valence-corrected chi connectivity index (χ0v) is 13.1. The molecule has 21 heavy (non-hydrogen) atoms. The number of benzene rings is 1. The molecular weight excluding hydrogens is 284 g/mol. The minimum Gasteiger partial charge on any atom is -0.289 e. The van der Waals surface area contributed by atoms with Crippen molar-refractivity contribution in [2.24, 2.45) is 7.05 Å². The van der Waals surface area contributed by atoms with Gasteiger partial charge in [0.1, 0.15) is 0 Å². The van der Waals surface area contributed by atoms with Crippen LogP contribution in [-0.2, 0) is 7.05 Å². The van der Waals surface area contributed by atoms with E-state index < -0.39 is 0 Å². The summed E-state index contributed by atoms with van der Waals surface area (Å²) in [5.74, 6) is -0.0855. The van der Waals surface area contributed by atoms with E-state index in [9.17, 15) is 4.79 Å². The fourth-order valence-corrected chi connectivity index (χ4v) is 2.31. The van der Waals surface area contributed by atoms with E-state index >= 15 is 0 Å². The predicted molar refractivity (Wildman–Crippen MR) is 86.4 cm³/mol. The van der Waals surface area contributed by atoms with Crippen molar-refractivity contribution in [3.8, 4) is 0 Å². The highest BCUT2D eigenvalue weighted by Crippen LogP contribution is 2.15. The number of ketones is 1. The van der Waals surface area contributed by atoms with Crippen LogP contribution in [0.1, 0.15) is 27.3 Å². The van der Waals surface area contributed by atoms with Crippen LogP contribution in [0.2, 0.25) is 0 Å². The highest BCUT2D eigenvalue weighted by molar-refractivity contribution is 6.33. The molecule has 0 spiro atoms. The summed E-state index contributed by atoms with van der Waals surface area (Å²) in [5, 5.41) is 4.75. The molecule has 0 bridgehead atoms. The van der Waals surface area contributed by atoms with E-state index in [1.54, 1.807) is 10.8 Å².